The molecule has 3 aromatic rings. The van der Waals surface area contributed by atoms with E-state index in [-0.39, 0.29) is 23.3 Å². The quantitative estimate of drug-likeness (QED) is 0.614. The number of nitrogens with zero attached hydrogens (tertiary/aromatic N) is 3. The Balaban J connectivity index is 1.36. The lowest BCUT2D eigenvalue weighted by Crippen LogP contribution is -2.45. The maximum Gasteiger partial charge on any atom is 0.243 e. The maximum atomic E-state index is 12.9. The monoisotopic (exact) mass is 458 g/mol. The van der Waals surface area contributed by atoms with Crippen LogP contribution < -0.4 is 5.32 Å². The first-order chi connectivity index (χ1) is 14.9. The van der Waals surface area contributed by atoms with Crippen LogP contribution in [0.5, 0.6) is 0 Å². The van der Waals surface area contributed by atoms with Crippen molar-refractivity contribution in [2.75, 3.05) is 13.1 Å². The number of amides is 1. The summed E-state index contributed by atoms with van der Waals surface area (Å²) in [5.74, 6) is -0.508. The molecule has 1 aliphatic rings. The van der Waals surface area contributed by atoms with Gasteiger partial charge in [0.1, 0.15) is 0 Å². The molecule has 0 saturated carbocycles. The van der Waals surface area contributed by atoms with Crippen LogP contribution in [0.25, 0.3) is 5.69 Å². The van der Waals surface area contributed by atoms with Crippen molar-refractivity contribution in [1.82, 2.24) is 19.4 Å². The molecule has 162 valence electrons. The van der Waals surface area contributed by atoms with Gasteiger partial charge in [-0.2, -0.15) is 9.40 Å². The summed E-state index contributed by atoms with van der Waals surface area (Å²) < 4.78 is 29.0. The zero-order valence-electron chi connectivity index (χ0n) is 16.8. The molecule has 1 amide bonds. The maximum absolute atomic E-state index is 12.9. The molecule has 1 fully saturated rings. The summed E-state index contributed by atoms with van der Waals surface area (Å²) in [7, 11) is -3.65. The standard InChI is InChI=1S/C22H23ClN4O3S/c23-19-6-10-21(11-7-19)31(29,30)26-13-1-3-18(16-26)22(28)24-15-17-4-8-20(9-5-17)27-14-2-12-25-27/h2,4-12,14,18H,1,3,13,15-16H2,(H,24,28). The normalized spacial score (nSPS) is 17.4. The summed E-state index contributed by atoms with van der Waals surface area (Å²) in [4.78, 5) is 12.9. The molecule has 4 rings (SSSR count). The first kappa shape index (κ1) is 21.5. The predicted octanol–water partition coefficient (Wildman–Crippen LogP) is 3.24. The van der Waals surface area contributed by atoms with Crippen LogP contribution in [0.2, 0.25) is 5.02 Å². The Kier molecular flexibility index (Phi) is 6.41. The molecule has 0 radical (unpaired) electrons. The number of sulfonamides is 1. The highest BCUT2D eigenvalue weighted by atomic mass is 35.5. The zero-order chi connectivity index (χ0) is 21.8. The van der Waals surface area contributed by atoms with Gasteiger partial charge >= 0.3 is 0 Å². The van der Waals surface area contributed by atoms with Crippen LogP contribution in [0.1, 0.15) is 18.4 Å². The fourth-order valence-electron chi connectivity index (χ4n) is 3.65. The number of hydrogen-bond donors (Lipinski definition) is 1. The van der Waals surface area contributed by atoms with Gasteiger partial charge in [-0.3, -0.25) is 4.79 Å². The SMILES string of the molecule is O=C(NCc1ccc(-n2cccn2)cc1)C1CCCN(S(=O)(=O)c2ccc(Cl)cc2)C1. The average molecular weight is 459 g/mol. The number of nitrogens with one attached hydrogen (secondary N) is 1. The van der Waals surface area contributed by atoms with E-state index < -0.39 is 10.0 Å². The van der Waals surface area contributed by atoms with Crippen LogP contribution >= 0.6 is 11.6 Å². The molecular formula is C22H23ClN4O3S. The van der Waals surface area contributed by atoms with E-state index in [9.17, 15) is 13.2 Å². The lowest BCUT2D eigenvalue weighted by molar-refractivity contribution is -0.126. The highest BCUT2D eigenvalue weighted by Gasteiger charge is 2.33. The van der Waals surface area contributed by atoms with E-state index in [0.717, 1.165) is 11.3 Å². The smallest absolute Gasteiger partial charge is 0.243 e. The molecule has 1 aliphatic heterocycles. The van der Waals surface area contributed by atoms with Gasteiger partial charge < -0.3 is 5.32 Å². The molecule has 2 heterocycles. The van der Waals surface area contributed by atoms with E-state index >= 15 is 0 Å². The van der Waals surface area contributed by atoms with E-state index in [1.54, 1.807) is 23.0 Å². The minimum atomic E-state index is -3.65. The van der Waals surface area contributed by atoms with Gasteiger partial charge in [0.05, 0.1) is 16.5 Å². The molecule has 7 nitrogen and oxygen atoms in total. The number of hydrogen-bond acceptors (Lipinski definition) is 4. The molecule has 1 saturated heterocycles. The Morgan fingerprint density at radius 1 is 1.13 bits per heavy atom. The Morgan fingerprint density at radius 3 is 2.55 bits per heavy atom. The fraction of sp³-hybridized carbons (Fsp3) is 0.273. The Hall–Kier alpha value is -2.68. The lowest BCUT2D eigenvalue weighted by atomic mass is 9.99. The van der Waals surface area contributed by atoms with Crippen LogP contribution in [-0.4, -0.2) is 41.5 Å². The zero-order valence-corrected chi connectivity index (χ0v) is 18.4. The molecule has 1 N–H and O–H groups in total. The van der Waals surface area contributed by atoms with Gasteiger partial charge in [0.25, 0.3) is 0 Å². The molecule has 1 atom stereocenters. The van der Waals surface area contributed by atoms with E-state index in [4.69, 9.17) is 11.6 Å². The number of piperidine rings is 1. The summed E-state index contributed by atoms with van der Waals surface area (Å²) in [5, 5.41) is 7.61. The van der Waals surface area contributed by atoms with Crippen molar-refractivity contribution in [3.8, 4) is 5.69 Å². The minimum absolute atomic E-state index is 0.132. The van der Waals surface area contributed by atoms with E-state index in [2.05, 4.69) is 10.4 Å². The first-order valence-electron chi connectivity index (χ1n) is 10.1. The highest BCUT2D eigenvalue weighted by molar-refractivity contribution is 7.89. The number of halogens is 1. The summed E-state index contributed by atoms with van der Waals surface area (Å²) in [5.41, 5.74) is 1.90. The van der Waals surface area contributed by atoms with Crippen LogP contribution in [0.3, 0.4) is 0 Å². The van der Waals surface area contributed by atoms with Crippen molar-refractivity contribution in [2.24, 2.45) is 5.92 Å². The molecule has 0 bridgehead atoms. The molecule has 0 aliphatic carbocycles. The third-order valence-electron chi connectivity index (χ3n) is 5.38. The number of aromatic nitrogens is 2. The summed E-state index contributed by atoms with van der Waals surface area (Å²) in [6.45, 7) is 0.970. The Bertz CT molecular complexity index is 1130. The first-order valence-corrected chi connectivity index (χ1v) is 11.9. The van der Waals surface area contributed by atoms with Crippen molar-refractivity contribution in [3.63, 3.8) is 0 Å². The van der Waals surface area contributed by atoms with Gasteiger partial charge in [0.15, 0.2) is 0 Å². The molecule has 0 spiro atoms. The second kappa shape index (κ2) is 9.21. The number of carbonyl (C=O) groups excluding carboxylic acids is 1. The topological polar surface area (TPSA) is 84.3 Å². The summed E-state index contributed by atoms with van der Waals surface area (Å²) >= 11 is 5.87. The van der Waals surface area contributed by atoms with Crippen LogP contribution in [0, 0.1) is 5.92 Å². The minimum Gasteiger partial charge on any atom is -0.352 e. The summed E-state index contributed by atoms with van der Waals surface area (Å²) in [6.07, 6.45) is 4.89. The molecular weight excluding hydrogens is 436 g/mol. The van der Waals surface area contributed by atoms with Crippen molar-refractivity contribution < 1.29 is 13.2 Å². The van der Waals surface area contributed by atoms with Gasteiger partial charge in [-0.1, -0.05) is 23.7 Å². The second-order valence-corrected chi connectivity index (χ2v) is 9.87. The molecule has 1 unspecified atom stereocenters. The average Bonchev–Trinajstić information content (AvgIpc) is 3.33. The molecule has 31 heavy (non-hydrogen) atoms. The van der Waals surface area contributed by atoms with Crippen molar-refractivity contribution in [3.05, 3.63) is 77.6 Å². The molecule has 1 aromatic heterocycles. The van der Waals surface area contributed by atoms with Gasteiger partial charge in [-0.15, -0.1) is 0 Å². The summed E-state index contributed by atoms with van der Waals surface area (Å²) in [6, 6.07) is 15.7. The van der Waals surface area contributed by atoms with Gasteiger partial charge in [-0.25, -0.2) is 13.1 Å². The second-order valence-electron chi connectivity index (χ2n) is 7.49. The highest BCUT2D eigenvalue weighted by Crippen LogP contribution is 2.25. The Labute approximate surface area is 186 Å². The van der Waals surface area contributed by atoms with Crippen LogP contribution in [-0.2, 0) is 21.4 Å². The molecule has 2 aromatic carbocycles. The van der Waals surface area contributed by atoms with E-state index in [0.29, 0.717) is 31.0 Å². The lowest BCUT2D eigenvalue weighted by Gasteiger charge is -2.31. The van der Waals surface area contributed by atoms with Crippen LogP contribution in [0.4, 0.5) is 0 Å². The van der Waals surface area contributed by atoms with Crippen molar-refractivity contribution >= 4 is 27.5 Å². The fourth-order valence-corrected chi connectivity index (χ4v) is 5.30. The number of rotatable bonds is 6. The van der Waals surface area contributed by atoms with Crippen molar-refractivity contribution in [1.29, 1.82) is 0 Å². The van der Waals surface area contributed by atoms with E-state index in [1.807, 2.05) is 36.5 Å². The van der Waals surface area contributed by atoms with Gasteiger partial charge in [0, 0.05) is 37.1 Å². The predicted molar refractivity (Wildman–Crippen MR) is 118 cm³/mol. The Morgan fingerprint density at radius 2 is 1.87 bits per heavy atom. The largest absolute Gasteiger partial charge is 0.352 e. The van der Waals surface area contributed by atoms with E-state index in [1.165, 1.54) is 16.4 Å². The van der Waals surface area contributed by atoms with Gasteiger partial charge in [-0.05, 0) is 60.9 Å². The third kappa shape index (κ3) is 4.98. The number of benzene rings is 2. The number of carbonyl (C=O) groups is 1. The van der Waals surface area contributed by atoms with Crippen molar-refractivity contribution in [2.45, 2.75) is 24.3 Å². The molecule has 9 heteroatoms. The third-order valence-corrected chi connectivity index (χ3v) is 7.51. The van der Waals surface area contributed by atoms with Gasteiger partial charge in [0.2, 0.25) is 15.9 Å². The van der Waals surface area contributed by atoms with Crippen LogP contribution in [0.15, 0.2) is 71.9 Å².